The van der Waals surface area contributed by atoms with Gasteiger partial charge in [-0.3, -0.25) is 0 Å². The van der Waals surface area contributed by atoms with Crippen molar-refractivity contribution >= 4 is 0 Å². The van der Waals surface area contributed by atoms with Crippen molar-refractivity contribution in [2.24, 2.45) is 0 Å². The van der Waals surface area contributed by atoms with Gasteiger partial charge in [-0.2, -0.15) is 0 Å². The van der Waals surface area contributed by atoms with Crippen LogP contribution < -0.4 is 0 Å². The first-order chi connectivity index (χ1) is 8.53. The van der Waals surface area contributed by atoms with E-state index in [0.717, 1.165) is 5.56 Å². The Balaban J connectivity index is 2.21. The molecule has 1 aliphatic heterocycles. The number of aliphatic hydroxyl groups excluding tert-OH is 2. The Kier molecular flexibility index (Phi) is 4.02. The smallest absolute Gasteiger partial charge is 0.164 e. The fourth-order valence-corrected chi connectivity index (χ4v) is 2.27. The first-order valence-corrected chi connectivity index (χ1v) is 6.23. The molecule has 0 amide bonds. The molecule has 4 heteroatoms. The van der Waals surface area contributed by atoms with Gasteiger partial charge in [0.05, 0.1) is 6.10 Å². The maximum Gasteiger partial charge on any atom is 0.164 e. The number of ether oxygens (including phenoxy) is 2. The molecule has 2 N–H and O–H groups in total. The summed E-state index contributed by atoms with van der Waals surface area (Å²) in [6.07, 6.45) is -1.20. The molecule has 1 aliphatic rings. The maximum atomic E-state index is 10.0. The third-order valence-corrected chi connectivity index (χ3v) is 3.06. The lowest BCUT2D eigenvalue weighted by atomic mass is 9.99. The molecule has 3 atom stereocenters. The molecule has 0 bridgehead atoms. The Morgan fingerprint density at radius 3 is 2.50 bits per heavy atom. The van der Waals surface area contributed by atoms with Crippen molar-refractivity contribution in [1.29, 1.82) is 0 Å². The third-order valence-electron chi connectivity index (χ3n) is 3.06. The highest BCUT2D eigenvalue weighted by molar-refractivity contribution is 5.20. The van der Waals surface area contributed by atoms with Crippen molar-refractivity contribution in [3.63, 3.8) is 0 Å². The van der Waals surface area contributed by atoms with E-state index < -0.39 is 18.0 Å². The lowest BCUT2D eigenvalue weighted by Gasteiger charge is -2.22. The van der Waals surface area contributed by atoms with Crippen LogP contribution >= 0.6 is 0 Å². The Morgan fingerprint density at radius 2 is 1.89 bits per heavy atom. The molecule has 0 unspecified atom stereocenters. The summed E-state index contributed by atoms with van der Waals surface area (Å²) in [5, 5.41) is 19.0. The van der Waals surface area contributed by atoms with Crippen LogP contribution in [0.15, 0.2) is 30.3 Å². The summed E-state index contributed by atoms with van der Waals surface area (Å²) in [5.74, 6) is -0.721. The van der Waals surface area contributed by atoms with E-state index in [-0.39, 0.29) is 19.1 Å². The van der Waals surface area contributed by atoms with Crippen LogP contribution in [0.5, 0.6) is 0 Å². The monoisotopic (exact) mass is 252 g/mol. The van der Waals surface area contributed by atoms with Crippen LogP contribution in [0.1, 0.15) is 31.9 Å². The quantitative estimate of drug-likeness (QED) is 0.855. The van der Waals surface area contributed by atoms with Gasteiger partial charge in [-0.25, -0.2) is 0 Å². The van der Waals surface area contributed by atoms with Crippen LogP contribution in [0.3, 0.4) is 0 Å². The van der Waals surface area contributed by atoms with Crippen molar-refractivity contribution in [3.05, 3.63) is 35.9 Å². The first kappa shape index (κ1) is 13.5. The summed E-state index contributed by atoms with van der Waals surface area (Å²) in [6.45, 7) is 3.59. The van der Waals surface area contributed by atoms with E-state index in [9.17, 15) is 5.11 Å². The SMILES string of the molecule is CC1(C)O[C@H]([C@H](O)CCO)[C@@H](c2ccccc2)O1. The molecule has 1 saturated heterocycles. The molecule has 0 radical (unpaired) electrons. The second-order valence-corrected chi connectivity index (χ2v) is 5.01. The van der Waals surface area contributed by atoms with Gasteiger partial charge in [-0.1, -0.05) is 30.3 Å². The highest BCUT2D eigenvalue weighted by atomic mass is 16.8. The highest BCUT2D eigenvalue weighted by Gasteiger charge is 2.45. The molecule has 18 heavy (non-hydrogen) atoms. The average Bonchev–Trinajstić information content (AvgIpc) is 2.67. The second kappa shape index (κ2) is 5.36. The minimum absolute atomic E-state index is 0.0665. The fourth-order valence-electron chi connectivity index (χ4n) is 2.27. The number of hydrogen-bond acceptors (Lipinski definition) is 4. The largest absolute Gasteiger partial charge is 0.396 e. The van der Waals surface area contributed by atoms with Crippen molar-refractivity contribution < 1.29 is 19.7 Å². The Morgan fingerprint density at radius 1 is 1.22 bits per heavy atom. The first-order valence-electron chi connectivity index (χ1n) is 6.23. The summed E-state index contributed by atoms with van der Waals surface area (Å²) in [6, 6.07) is 9.70. The maximum absolute atomic E-state index is 10.0. The molecule has 2 rings (SSSR count). The molecule has 1 aromatic rings. The summed E-state index contributed by atoms with van der Waals surface area (Å²) in [5.41, 5.74) is 0.977. The summed E-state index contributed by atoms with van der Waals surface area (Å²) < 4.78 is 11.6. The molecule has 1 heterocycles. The predicted molar refractivity (Wildman–Crippen MR) is 66.9 cm³/mol. The molecular formula is C14H20O4. The van der Waals surface area contributed by atoms with Crippen LogP contribution in [0.4, 0.5) is 0 Å². The van der Waals surface area contributed by atoms with E-state index in [1.165, 1.54) is 0 Å². The van der Waals surface area contributed by atoms with E-state index in [1.807, 2.05) is 44.2 Å². The second-order valence-electron chi connectivity index (χ2n) is 5.01. The molecule has 0 saturated carbocycles. The topological polar surface area (TPSA) is 58.9 Å². The zero-order valence-electron chi connectivity index (χ0n) is 10.7. The zero-order valence-corrected chi connectivity index (χ0v) is 10.7. The van der Waals surface area contributed by atoms with Gasteiger partial charge >= 0.3 is 0 Å². The van der Waals surface area contributed by atoms with Crippen LogP contribution in [-0.4, -0.2) is 34.8 Å². The number of rotatable bonds is 4. The number of benzene rings is 1. The lowest BCUT2D eigenvalue weighted by molar-refractivity contribution is -0.156. The highest BCUT2D eigenvalue weighted by Crippen LogP contribution is 2.40. The van der Waals surface area contributed by atoms with Crippen molar-refractivity contribution in [3.8, 4) is 0 Å². The van der Waals surface area contributed by atoms with Gasteiger partial charge in [0.15, 0.2) is 5.79 Å². The summed E-state index contributed by atoms with van der Waals surface area (Å²) in [4.78, 5) is 0. The molecule has 100 valence electrons. The Labute approximate surface area is 107 Å². The minimum atomic E-state index is -0.734. The molecule has 1 aromatic carbocycles. The molecule has 4 nitrogen and oxygen atoms in total. The van der Waals surface area contributed by atoms with Crippen LogP contribution in [0.2, 0.25) is 0 Å². The van der Waals surface area contributed by atoms with Crippen LogP contribution in [-0.2, 0) is 9.47 Å². The van der Waals surface area contributed by atoms with E-state index in [0.29, 0.717) is 0 Å². The Bertz CT molecular complexity index is 377. The van der Waals surface area contributed by atoms with E-state index in [1.54, 1.807) is 0 Å². The van der Waals surface area contributed by atoms with E-state index in [2.05, 4.69) is 0 Å². The third kappa shape index (κ3) is 2.90. The van der Waals surface area contributed by atoms with Gasteiger partial charge < -0.3 is 19.7 Å². The molecule has 0 aromatic heterocycles. The van der Waals surface area contributed by atoms with Crippen molar-refractivity contribution in [1.82, 2.24) is 0 Å². The van der Waals surface area contributed by atoms with Crippen molar-refractivity contribution in [2.75, 3.05) is 6.61 Å². The van der Waals surface area contributed by atoms with Crippen LogP contribution in [0.25, 0.3) is 0 Å². The zero-order chi connectivity index (χ0) is 13.2. The normalized spacial score (nSPS) is 28.2. The van der Waals surface area contributed by atoms with Gasteiger partial charge in [0.2, 0.25) is 0 Å². The number of hydrogen-bond donors (Lipinski definition) is 2. The number of aliphatic hydroxyl groups is 2. The van der Waals surface area contributed by atoms with Crippen molar-refractivity contribution in [2.45, 2.75) is 44.4 Å². The van der Waals surface area contributed by atoms with Gasteiger partial charge in [-0.05, 0) is 25.8 Å². The fraction of sp³-hybridized carbons (Fsp3) is 0.571. The lowest BCUT2D eigenvalue weighted by Crippen LogP contribution is -2.32. The van der Waals surface area contributed by atoms with Gasteiger partial charge in [0.25, 0.3) is 0 Å². The average molecular weight is 252 g/mol. The molecule has 1 fully saturated rings. The van der Waals surface area contributed by atoms with E-state index >= 15 is 0 Å². The molecular weight excluding hydrogens is 232 g/mol. The van der Waals surface area contributed by atoms with E-state index in [4.69, 9.17) is 14.6 Å². The molecule has 0 aliphatic carbocycles. The van der Waals surface area contributed by atoms with Gasteiger partial charge in [-0.15, -0.1) is 0 Å². The molecule has 0 spiro atoms. The van der Waals surface area contributed by atoms with Gasteiger partial charge in [0.1, 0.15) is 12.2 Å². The summed E-state index contributed by atoms with van der Waals surface area (Å²) >= 11 is 0. The standard InChI is InChI=1S/C14H20O4/c1-14(2)17-12(10-6-4-3-5-7-10)13(18-14)11(16)8-9-15/h3-7,11-13,15-16H,8-9H2,1-2H3/t11-,12-,13-/m1/s1. The predicted octanol–water partition coefficient (Wildman–Crippen LogP) is 1.62. The van der Waals surface area contributed by atoms with Crippen LogP contribution in [0, 0.1) is 0 Å². The summed E-state index contributed by atoms with van der Waals surface area (Å²) in [7, 11) is 0. The minimum Gasteiger partial charge on any atom is -0.396 e. The van der Waals surface area contributed by atoms with Gasteiger partial charge in [0, 0.05) is 6.61 Å². The Hall–Kier alpha value is -0.940.